The molecule has 2 aromatic carbocycles. The number of nitrogens with zero attached hydrogens (tertiary/aromatic N) is 3. The van der Waals surface area contributed by atoms with E-state index in [0.717, 1.165) is 42.9 Å². The van der Waals surface area contributed by atoms with Crippen molar-refractivity contribution in [3.05, 3.63) is 69.3 Å². The Balaban J connectivity index is 0.00000176. The Kier molecular flexibility index (Phi) is 9.16. The first-order valence-electron chi connectivity index (χ1n) is 12.5. The first-order chi connectivity index (χ1) is 17.3. The van der Waals surface area contributed by atoms with Crippen LogP contribution in [0.1, 0.15) is 71.3 Å². The summed E-state index contributed by atoms with van der Waals surface area (Å²) in [7, 11) is 0. The van der Waals surface area contributed by atoms with Crippen LogP contribution in [0.4, 0.5) is 8.78 Å². The number of benzene rings is 2. The molecule has 2 heterocycles. The molecule has 0 saturated carbocycles. The number of carbonyl (C=O) groups is 2. The molecule has 192 valence electrons. The lowest BCUT2D eigenvalue weighted by atomic mass is 9.90. The normalized spacial score (nSPS) is 15.9. The zero-order valence-electron chi connectivity index (χ0n) is 21.4. The van der Waals surface area contributed by atoms with Gasteiger partial charge in [-0.2, -0.15) is 5.26 Å². The molecule has 1 atom stereocenters. The Morgan fingerprint density at radius 2 is 1.83 bits per heavy atom. The first-order valence-corrected chi connectivity index (χ1v) is 12.5. The minimum atomic E-state index is -0.771. The predicted molar refractivity (Wildman–Crippen MR) is 132 cm³/mol. The summed E-state index contributed by atoms with van der Waals surface area (Å²) in [6.45, 7) is 12.0. The van der Waals surface area contributed by atoms with Gasteiger partial charge in [0.15, 0.2) is 0 Å². The second-order valence-corrected chi connectivity index (χ2v) is 9.00. The van der Waals surface area contributed by atoms with E-state index in [4.69, 9.17) is 10.00 Å². The highest BCUT2D eigenvalue weighted by atomic mass is 19.1. The van der Waals surface area contributed by atoms with Crippen LogP contribution in [-0.2, 0) is 22.6 Å². The Morgan fingerprint density at radius 3 is 2.50 bits per heavy atom. The fraction of sp³-hybridized carbons (Fsp3) is 0.464. The number of rotatable bonds is 6. The van der Waals surface area contributed by atoms with Crippen LogP contribution in [0, 0.1) is 29.9 Å². The summed E-state index contributed by atoms with van der Waals surface area (Å²) in [6.07, 6.45) is 0.183. The van der Waals surface area contributed by atoms with Crippen molar-refractivity contribution >= 4 is 11.9 Å². The summed E-state index contributed by atoms with van der Waals surface area (Å²) in [5, 5.41) is 8.78. The average molecular weight is 498 g/mol. The van der Waals surface area contributed by atoms with Crippen molar-refractivity contribution in [3.8, 4) is 6.07 Å². The number of cyclic esters (lactones) is 1. The maximum absolute atomic E-state index is 14.1. The molecule has 1 amide bonds. The summed E-state index contributed by atoms with van der Waals surface area (Å²) in [5.74, 6) is -1.52. The lowest BCUT2D eigenvalue weighted by molar-refractivity contribution is -0.132. The third-order valence-electron chi connectivity index (χ3n) is 6.86. The van der Waals surface area contributed by atoms with Gasteiger partial charge in [0.05, 0.1) is 11.1 Å². The summed E-state index contributed by atoms with van der Waals surface area (Å²) in [4.78, 5) is 28.5. The van der Waals surface area contributed by atoms with E-state index in [1.807, 2.05) is 32.9 Å². The molecule has 1 fully saturated rings. The molecular formula is C28H33F2N3O3. The van der Waals surface area contributed by atoms with Crippen LogP contribution in [0.15, 0.2) is 24.3 Å². The van der Waals surface area contributed by atoms with E-state index in [1.54, 1.807) is 11.0 Å². The van der Waals surface area contributed by atoms with Crippen molar-refractivity contribution < 1.29 is 23.1 Å². The van der Waals surface area contributed by atoms with Crippen molar-refractivity contribution in [1.29, 1.82) is 5.26 Å². The number of nitriles is 1. The molecule has 8 heteroatoms. The molecule has 0 N–H and O–H groups in total. The minimum absolute atomic E-state index is 0.0870. The number of carbonyl (C=O) groups excluding carboxylic acids is 2. The molecule has 0 bridgehead atoms. The Bertz CT molecular complexity index is 1170. The number of esters is 1. The predicted octanol–water partition coefficient (Wildman–Crippen LogP) is 4.72. The quantitative estimate of drug-likeness (QED) is 0.540. The highest BCUT2D eigenvalue weighted by molar-refractivity contribution is 5.94. The van der Waals surface area contributed by atoms with Crippen molar-refractivity contribution in [3.63, 3.8) is 0 Å². The first kappa shape index (κ1) is 27.3. The van der Waals surface area contributed by atoms with Gasteiger partial charge < -0.3 is 9.64 Å². The van der Waals surface area contributed by atoms with Gasteiger partial charge in [-0.15, -0.1) is 0 Å². The van der Waals surface area contributed by atoms with Crippen molar-refractivity contribution in [1.82, 2.24) is 9.80 Å². The molecule has 0 aliphatic carbocycles. The van der Waals surface area contributed by atoms with Gasteiger partial charge in [-0.3, -0.25) is 9.69 Å². The van der Waals surface area contributed by atoms with Crippen molar-refractivity contribution in [2.24, 2.45) is 0 Å². The molecule has 0 aromatic heterocycles. The number of hydrogen-bond acceptors (Lipinski definition) is 5. The van der Waals surface area contributed by atoms with E-state index >= 15 is 0 Å². The highest BCUT2D eigenvalue weighted by Gasteiger charge is 2.27. The van der Waals surface area contributed by atoms with E-state index in [1.165, 1.54) is 5.56 Å². The van der Waals surface area contributed by atoms with Crippen LogP contribution in [0.3, 0.4) is 0 Å². The molecule has 2 aromatic rings. The van der Waals surface area contributed by atoms with Gasteiger partial charge in [0.2, 0.25) is 5.91 Å². The summed E-state index contributed by atoms with van der Waals surface area (Å²) < 4.78 is 33.0. The second kappa shape index (κ2) is 12.1. The lowest BCUT2D eigenvalue weighted by Gasteiger charge is -2.36. The van der Waals surface area contributed by atoms with Gasteiger partial charge in [-0.1, -0.05) is 26.8 Å². The SMILES string of the molecule is CC.Cc1c(C(C)CN2CCN(C(=O)CCc3cc(F)c(C#N)cc3F)CC2)ccc2c1COC2=O. The number of amides is 1. The minimum Gasteiger partial charge on any atom is -0.457 e. The molecule has 0 spiro atoms. The monoisotopic (exact) mass is 497 g/mol. The maximum atomic E-state index is 14.1. The lowest BCUT2D eigenvalue weighted by Crippen LogP contribution is -2.49. The zero-order valence-corrected chi connectivity index (χ0v) is 21.4. The fourth-order valence-corrected chi connectivity index (χ4v) is 4.83. The van der Waals surface area contributed by atoms with E-state index in [9.17, 15) is 18.4 Å². The van der Waals surface area contributed by atoms with E-state index < -0.39 is 11.6 Å². The number of aryl methyl sites for hydroxylation is 1. The average Bonchev–Trinajstić information content (AvgIpc) is 3.27. The van der Waals surface area contributed by atoms with Crippen molar-refractivity contribution in [2.45, 2.75) is 53.1 Å². The van der Waals surface area contributed by atoms with Gasteiger partial charge in [0, 0.05) is 44.7 Å². The summed E-state index contributed by atoms with van der Waals surface area (Å²) in [6, 6.07) is 7.35. The Hall–Kier alpha value is -3.31. The fourth-order valence-electron chi connectivity index (χ4n) is 4.83. The maximum Gasteiger partial charge on any atom is 0.338 e. The van der Waals surface area contributed by atoms with Crippen LogP contribution in [-0.4, -0.2) is 54.4 Å². The largest absolute Gasteiger partial charge is 0.457 e. The Morgan fingerprint density at radius 1 is 1.14 bits per heavy atom. The molecule has 1 saturated heterocycles. The van der Waals surface area contributed by atoms with Gasteiger partial charge in [0.25, 0.3) is 0 Å². The zero-order chi connectivity index (χ0) is 26.4. The molecule has 6 nitrogen and oxygen atoms in total. The van der Waals surface area contributed by atoms with Gasteiger partial charge >= 0.3 is 5.97 Å². The number of fused-ring (bicyclic) bond motifs is 1. The third kappa shape index (κ3) is 5.90. The van der Waals surface area contributed by atoms with E-state index in [-0.39, 0.29) is 41.8 Å². The van der Waals surface area contributed by atoms with Crippen LogP contribution in [0.25, 0.3) is 0 Å². The standard InChI is InChI=1S/C26H27F2N3O3.C2H6/c1-16(20-4-5-21-22(17(20)2)15-34-26(21)33)14-30-7-9-31(10-8-30)25(32)6-3-18-11-24(28)19(13-29)12-23(18)27;1-2/h4-5,11-12,16H,3,6-10,14-15H2,1-2H3;1-2H3. The third-order valence-corrected chi connectivity index (χ3v) is 6.86. The number of piperazine rings is 1. The molecule has 36 heavy (non-hydrogen) atoms. The van der Waals surface area contributed by atoms with Crippen LogP contribution in [0.5, 0.6) is 0 Å². The highest BCUT2D eigenvalue weighted by Crippen LogP contribution is 2.30. The van der Waals surface area contributed by atoms with Crippen molar-refractivity contribution in [2.75, 3.05) is 32.7 Å². The van der Waals surface area contributed by atoms with Crippen LogP contribution in [0.2, 0.25) is 0 Å². The van der Waals surface area contributed by atoms with Gasteiger partial charge in [-0.25, -0.2) is 13.6 Å². The summed E-state index contributed by atoms with van der Waals surface area (Å²) >= 11 is 0. The number of hydrogen-bond donors (Lipinski definition) is 0. The van der Waals surface area contributed by atoms with E-state index in [2.05, 4.69) is 11.8 Å². The van der Waals surface area contributed by atoms with Crippen LogP contribution < -0.4 is 0 Å². The molecule has 2 aliphatic rings. The molecule has 4 rings (SSSR count). The van der Waals surface area contributed by atoms with Gasteiger partial charge in [-0.05, 0) is 54.2 Å². The number of ether oxygens (including phenoxy) is 1. The molecule has 1 unspecified atom stereocenters. The van der Waals surface area contributed by atoms with Crippen LogP contribution >= 0.6 is 0 Å². The second-order valence-electron chi connectivity index (χ2n) is 9.00. The smallest absolute Gasteiger partial charge is 0.338 e. The molecular weight excluding hydrogens is 464 g/mol. The summed E-state index contributed by atoms with van der Waals surface area (Å²) in [5.41, 5.74) is 3.71. The Labute approximate surface area is 211 Å². The molecule has 2 aliphatic heterocycles. The molecule has 0 radical (unpaired) electrons. The van der Waals surface area contributed by atoms with E-state index in [0.29, 0.717) is 25.3 Å². The topological polar surface area (TPSA) is 73.6 Å². The van der Waals surface area contributed by atoms with Gasteiger partial charge in [0.1, 0.15) is 24.3 Å². The number of halogens is 2.